The van der Waals surface area contributed by atoms with Crippen molar-refractivity contribution in [2.75, 3.05) is 7.05 Å². The topological polar surface area (TPSA) is 29.9 Å². The normalized spacial score (nSPS) is 13.4. The van der Waals surface area contributed by atoms with Gasteiger partial charge in [0.2, 0.25) is 0 Å². The minimum Gasteiger partial charge on any atom is -0.324 e. The molecule has 0 spiro atoms. The number of aromatic nitrogens is 2. The van der Waals surface area contributed by atoms with E-state index in [0.29, 0.717) is 0 Å². The monoisotopic (exact) mass is 249 g/mol. The summed E-state index contributed by atoms with van der Waals surface area (Å²) in [6.07, 6.45) is 0.953. The van der Waals surface area contributed by atoms with Crippen LogP contribution in [-0.4, -0.2) is 16.6 Å². The highest BCUT2D eigenvalue weighted by Crippen LogP contribution is 2.26. The van der Waals surface area contributed by atoms with E-state index in [1.807, 2.05) is 7.05 Å². The zero-order valence-corrected chi connectivity index (χ0v) is 11.4. The van der Waals surface area contributed by atoms with Crippen LogP contribution in [-0.2, 0) is 0 Å². The predicted octanol–water partition coefficient (Wildman–Crippen LogP) is 3.43. The SMILES string of the molecule is CCC(NC)c1nc2ccc(F)cc2n1C(C)C. The largest absolute Gasteiger partial charge is 0.324 e. The van der Waals surface area contributed by atoms with Gasteiger partial charge < -0.3 is 9.88 Å². The molecule has 98 valence electrons. The molecule has 0 saturated carbocycles. The second-order valence-electron chi connectivity index (χ2n) is 4.82. The second kappa shape index (κ2) is 5.06. The maximum Gasteiger partial charge on any atom is 0.127 e. The molecule has 18 heavy (non-hydrogen) atoms. The van der Waals surface area contributed by atoms with Gasteiger partial charge in [0.1, 0.15) is 11.6 Å². The van der Waals surface area contributed by atoms with Gasteiger partial charge in [-0.25, -0.2) is 9.37 Å². The number of fused-ring (bicyclic) bond motifs is 1. The summed E-state index contributed by atoms with van der Waals surface area (Å²) >= 11 is 0. The fraction of sp³-hybridized carbons (Fsp3) is 0.500. The third-order valence-electron chi connectivity index (χ3n) is 3.26. The van der Waals surface area contributed by atoms with Crippen molar-refractivity contribution in [2.45, 2.75) is 39.3 Å². The van der Waals surface area contributed by atoms with E-state index < -0.39 is 0 Å². The number of nitrogens with one attached hydrogen (secondary N) is 1. The third-order valence-corrected chi connectivity index (χ3v) is 3.26. The lowest BCUT2D eigenvalue weighted by atomic mass is 10.2. The number of nitrogens with zero attached hydrogens (tertiary/aromatic N) is 2. The first-order valence-corrected chi connectivity index (χ1v) is 6.43. The van der Waals surface area contributed by atoms with Crippen molar-refractivity contribution >= 4 is 11.0 Å². The summed E-state index contributed by atoms with van der Waals surface area (Å²) in [7, 11) is 1.93. The van der Waals surface area contributed by atoms with E-state index in [1.165, 1.54) is 6.07 Å². The molecule has 0 amide bonds. The van der Waals surface area contributed by atoms with E-state index in [9.17, 15) is 4.39 Å². The van der Waals surface area contributed by atoms with Crippen molar-refractivity contribution in [3.05, 3.63) is 29.8 Å². The molecule has 4 heteroatoms. The molecule has 0 fully saturated rings. The molecule has 0 aliphatic heterocycles. The van der Waals surface area contributed by atoms with Crippen molar-refractivity contribution in [1.82, 2.24) is 14.9 Å². The highest BCUT2D eigenvalue weighted by Gasteiger charge is 2.19. The molecule has 0 aliphatic carbocycles. The summed E-state index contributed by atoms with van der Waals surface area (Å²) < 4.78 is 15.5. The molecule has 1 unspecified atom stereocenters. The number of rotatable bonds is 4. The lowest BCUT2D eigenvalue weighted by Gasteiger charge is -2.19. The Balaban J connectivity index is 2.69. The van der Waals surface area contributed by atoms with Gasteiger partial charge in [-0.05, 0) is 45.5 Å². The molecule has 0 bridgehead atoms. The van der Waals surface area contributed by atoms with Crippen LogP contribution < -0.4 is 5.32 Å². The van der Waals surface area contributed by atoms with Gasteiger partial charge in [0.15, 0.2) is 0 Å². The van der Waals surface area contributed by atoms with Gasteiger partial charge in [0, 0.05) is 6.04 Å². The quantitative estimate of drug-likeness (QED) is 0.899. The van der Waals surface area contributed by atoms with Gasteiger partial charge in [-0.2, -0.15) is 0 Å². The Hall–Kier alpha value is -1.42. The molecule has 2 aromatic rings. The summed E-state index contributed by atoms with van der Waals surface area (Å²) in [5, 5.41) is 3.26. The van der Waals surface area contributed by atoms with Crippen LogP contribution in [0.4, 0.5) is 4.39 Å². The van der Waals surface area contributed by atoms with Crippen LogP contribution in [0.5, 0.6) is 0 Å². The highest BCUT2D eigenvalue weighted by atomic mass is 19.1. The van der Waals surface area contributed by atoms with Gasteiger partial charge >= 0.3 is 0 Å². The molecule has 0 saturated heterocycles. The molecule has 1 heterocycles. The highest BCUT2D eigenvalue weighted by molar-refractivity contribution is 5.76. The average molecular weight is 249 g/mol. The molecule has 0 radical (unpaired) electrons. The first-order valence-electron chi connectivity index (χ1n) is 6.43. The molecule has 1 aromatic carbocycles. The van der Waals surface area contributed by atoms with Crippen LogP contribution in [0.25, 0.3) is 11.0 Å². The molecular weight excluding hydrogens is 229 g/mol. The predicted molar refractivity (Wildman–Crippen MR) is 72.2 cm³/mol. The van der Waals surface area contributed by atoms with Crippen molar-refractivity contribution in [3.63, 3.8) is 0 Å². The minimum absolute atomic E-state index is 0.197. The summed E-state index contributed by atoms with van der Waals surface area (Å²) in [5.74, 6) is 0.768. The molecule has 2 rings (SSSR count). The standard InChI is InChI=1S/C14H20FN3/c1-5-11(16-4)14-17-12-7-6-10(15)8-13(12)18(14)9(2)3/h6-9,11,16H,5H2,1-4H3. The molecule has 3 nitrogen and oxygen atoms in total. The number of halogens is 1. The van der Waals surface area contributed by atoms with Crippen molar-refractivity contribution in [1.29, 1.82) is 0 Å². The fourth-order valence-electron chi connectivity index (χ4n) is 2.39. The van der Waals surface area contributed by atoms with Crippen molar-refractivity contribution in [3.8, 4) is 0 Å². The zero-order chi connectivity index (χ0) is 13.3. The third kappa shape index (κ3) is 2.12. The van der Waals surface area contributed by atoms with E-state index in [1.54, 1.807) is 12.1 Å². The Morgan fingerprint density at radius 1 is 1.39 bits per heavy atom. The first-order chi connectivity index (χ1) is 8.58. The Kier molecular flexibility index (Phi) is 3.66. The molecule has 1 aromatic heterocycles. The Morgan fingerprint density at radius 2 is 2.11 bits per heavy atom. The van der Waals surface area contributed by atoms with Crippen LogP contribution in [0, 0.1) is 5.82 Å². The molecular formula is C14H20FN3. The Labute approximate surface area is 107 Å². The summed E-state index contributed by atoms with van der Waals surface area (Å²) in [6, 6.07) is 5.23. The number of hydrogen-bond donors (Lipinski definition) is 1. The maximum absolute atomic E-state index is 13.4. The number of benzene rings is 1. The maximum atomic E-state index is 13.4. The summed E-state index contributed by atoms with van der Waals surface area (Å²) in [5.41, 5.74) is 1.72. The van der Waals surface area contributed by atoms with Gasteiger partial charge in [0.25, 0.3) is 0 Å². The smallest absolute Gasteiger partial charge is 0.127 e. The Morgan fingerprint density at radius 3 is 2.67 bits per heavy atom. The van der Waals surface area contributed by atoms with Crippen molar-refractivity contribution < 1.29 is 4.39 Å². The lowest BCUT2D eigenvalue weighted by Crippen LogP contribution is -2.21. The van der Waals surface area contributed by atoms with Crippen LogP contribution in [0.1, 0.15) is 45.1 Å². The summed E-state index contributed by atoms with van der Waals surface area (Å²) in [4.78, 5) is 4.65. The number of hydrogen-bond acceptors (Lipinski definition) is 2. The van der Waals surface area contributed by atoms with E-state index in [-0.39, 0.29) is 17.9 Å². The van der Waals surface area contributed by atoms with Gasteiger partial charge in [-0.1, -0.05) is 6.92 Å². The van der Waals surface area contributed by atoms with Crippen LogP contribution >= 0.6 is 0 Å². The molecule has 0 aliphatic rings. The van der Waals surface area contributed by atoms with Crippen molar-refractivity contribution in [2.24, 2.45) is 0 Å². The Bertz CT molecular complexity index is 541. The minimum atomic E-state index is -0.214. The second-order valence-corrected chi connectivity index (χ2v) is 4.82. The lowest BCUT2D eigenvalue weighted by molar-refractivity contribution is 0.486. The van der Waals surface area contributed by atoms with E-state index in [2.05, 4.69) is 35.6 Å². The molecule has 1 N–H and O–H groups in total. The summed E-state index contributed by atoms with van der Waals surface area (Å²) in [6.45, 7) is 6.31. The van der Waals surface area contributed by atoms with Crippen LogP contribution in [0.2, 0.25) is 0 Å². The number of imidazole rings is 1. The average Bonchev–Trinajstić information content (AvgIpc) is 2.69. The van der Waals surface area contributed by atoms with E-state index >= 15 is 0 Å². The molecule has 1 atom stereocenters. The van der Waals surface area contributed by atoms with Gasteiger partial charge in [-0.15, -0.1) is 0 Å². The van der Waals surface area contributed by atoms with Gasteiger partial charge in [0.05, 0.1) is 17.1 Å². The van der Waals surface area contributed by atoms with Crippen LogP contribution in [0.15, 0.2) is 18.2 Å². The van der Waals surface area contributed by atoms with E-state index in [4.69, 9.17) is 0 Å². The zero-order valence-electron chi connectivity index (χ0n) is 11.4. The first kappa shape index (κ1) is 13.0. The van der Waals surface area contributed by atoms with E-state index in [0.717, 1.165) is 23.3 Å². The van der Waals surface area contributed by atoms with Crippen LogP contribution in [0.3, 0.4) is 0 Å². The fourth-order valence-corrected chi connectivity index (χ4v) is 2.39. The van der Waals surface area contributed by atoms with Gasteiger partial charge in [-0.3, -0.25) is 0 Å².